The molecule has 1 aliphatic rings. The molecular weight excluding hydrogens is 182 g/mol. The molecule has 1 aliphatic heterocycles. The number of hydrogen-bond acceptors (Lipinski definition) is 1. The van der Waals surface area contributed by atoms with Crippen LogP contribution in [0.3, 0.4) is 0 Å². The van der Waals surface area contributed by atoms with Crippen LogP contribution in [0.5, 0.6) is 0 Å². The van der Waals surface area contributed by atoms with Crippen LogP contribution in [-0.2, 0) is 12.8 Å². The second kappa shape index (κ2) is 5.01. The summed E-state index contributed by atoms with van der Waals surface area (Å²) in [6.45, 7) is 4.91. The maximum Gasteiger partial charge on any atom is 0.0376 e. The molecule has 1 aromatic carbocycles. The predicted molar refractivity (Wildman–Crippen MR) is 66.1 cm³/mol. The van der Waals surface area contributed by atoms with Gasteiger partial charge in [-0.3, -0.25) is 0 Å². The molecule has 1 heterocycles. The lowest BCUT2D eigenvalue weighted by Crippen LogP contribution is -1.91. The largest absolute Gasteiger partial charge is 0.384 e. The molecule has 1 nitrogen and oxygen atoms in total. The predicted octanol–water partition coefficient (Wildman–Crippen LogP) is 3.37. The minimum absolute atomic E-state index is 0.988. The van der Waals surface area contributed by atoms with Gasteiger partial charge in [0.15, 0.2) is 0 Å². The third-order valence-corrected chi connectivity index (χ3v) is 2.78. The van der Waals surface area contributed by atoms with E-state index in [4.69, 9.17) is 0 Å². The molecule has 1 N–H and O–H groups in total. The zero-order valence-corrected chi connectivity index (χ0v) is 9.13. The van der Waals surface area contributed by atoms with Crippen LogP contribution in [0.25, 0.3) is 0 Å². The number of fused-ring (bicyclic) bond motifs is 1. The molecule has 0 saturated carbocycles. The molecule has 79 valence electrons. The molecule has 0 atom stereocenters. The van der Waals surface area contributed by atoms with Crippen molar-refractivity contribution in [2.45, 2.75) is 25.7 Å². The SMILES string of the molecule is [CH2]CCC=CCc1ccc2c(c1)NCC2. The summed E-state index contributed by atoms with van der Waals surface area (Å²) in [5.74, 6) is 0. The Hall–Kier alpha value is -1.24. The molecule has 0 aromatic heterocycles. The molecule has 0 fully saturated rings. The molecule has 0 spiro atoms. The van der Waals surface area contributed by atoms with E-state index in [1.165, 1.54) is 23.2 Å². The highest BCUT2D eigenvalue weighted by Gasteiger charge is 2.08. The zero-order chi connectivity index (χ0) is 10.5. The Morgan fingerprint density at radius 2 is 2.27 bits per heavy atom. The number of unbranched alkanes of at least 4 members (excludes halogenated alkanes) is 1. The smallest absolute Gasteiger partial charge is 0.0376 e. The minimum atomic E-state index is 0.988. The Morgan fingerprint density at radius 3 is 3.13 bits per heavy atom. The van der Waals surface area contributed by atoms with E-state index in [0.717, 1.165) is 25.8 Å². The molecular formula is C14H18N. The second-order valence-corrected chi connectivity index (χ2v) is 3.99. The first-order chi connectivity index (χ1) is 7.40. The molecule has 0 amide bonds. The average molecular weight is 200 g/mol. The van der Waals surface area contributed by atoms with Crippen molar-refractivity contribution in [3.05, 3.63) is 48.4 Å². The quantitative estimate of drug-likeness (QED) is 0.735. The van der Waals surface area contributed by atoms with Gasteiger partial charge in [-0.2, -0.15) is 0 Å². The van der Waals surface area contributed by atoms with E-state index < -0.39 is 0 Å². The third kappa shape index (κ3) is 2.62. The van der Waals surface area contributed by atoms with Crippen LogP contribution in [0, 0.1) is 6.92 Å². The van der Waals surface area contributed by atoms with Crippen LogP contribution in [0.15, 0.2) is 30.4 Å². The lowest BCUT2D eigenvalue weighted by atomic mass is 10.1. The van der Waals surface area contributed by atoms with E-state index >= 15 is 0 Å². The van der Waals surface area contributed by atoms with E-state index in [0.29, 0.717) is 0 Å². The topological polar surface area (TPSA) is 12.0 Å². The fourth-order valence-electron chi connectivity index (χ4n) is 1.92. The van der Waals surface area contributed by atoms with Crippen LogP contribution in [0.4, 0.5) is 5.69 Å². The zero-order valence-electron chi connectivity index (χ0n) is 9.13. The van der Waals surface area contributed by atoms with E-state index in [9.17, 15) is 0 Å². The van der Waals surface area contributed by atoms with Crippen molar-refractivity contribution in [3.63, 3.8) is 0 Å². The molecule has 0 saturated heterocycles. The molecule has 2 rings (SSSR count). The maximum atomic E-state index is 3.82. The summed E-state index contributed by atoms with van der Waals surface area (Å²) in [6, 6.07) is 6.76. The molecule has 0 aliphatic carbocycles. The first-order valence-corrected chi connectivity index (χ1v) is 5.70. The van der Waals surface area contributed by atoms with Crippen LogP contribution >= 0.6 is 0 Å². The summed E-state index contributed by atoms with van der Waals surface area (Å²) in [5, 5.41) is 3.41. The Kier molecular flexibility index (Phi) is 3.44. The van der Waals surface area contributed by atoms with Crippen LogP contribution < -0.4 is 5.32 Å². The number of nitrogens with one attached hydrogen (secondary N) is 1. The molecule has 1 radical (unpaired) electrons. The first-order valence-electron chi connectivity index (χ1n) is 5.70. The monoisotopic (exact) mass is 200 g/mol. The van der Waals surface area contributed by atoms with E-state index in [1.54, 1.807) is 0 Å². The van der Waals surface area contributed by atoms with Crippen molar-refractivity contribution in [1.82, 2.24) is 0 Å². The highest BCUT2D eigenvalue weighted by Crippen LogP contribution is 2.23. The molecule has 1 aromatic rings. The average Bonchev–Trinajstić information content (AvgIpc) is 2.71. The van der Waals surface area contributed by atoms with Gasteiger partial charge in [0, 0.05) is 12.2 Å². The summed E-state index contributed by atoms with van der Waals surface area (Å²) in [5.41, 5.74) is 4.18. The van der Waals surface area contributed by atoms with Gasteiger partial charge < -0.3 is 5.32 Å². The Balaban J connectivity index is 1.98. The summed E-state index contributed by atoms with van der Waals surface area (Å²) in [6.07, 6.45) is 8.74. The van der Waals surface area contributed by atoms with Crippen molar-refractivity contribution in [3.8, 4) is 0 Å². The van der Waals surface area contributed by atoms with Gasteiger partial charge in [-0.05, 0) is 42.9 Å². The number of allylic oxidation sites excluding steroid dienone is 2. The highest BCUT2D eigenvalue weighted by molar-refractivity contribution is 5.57. The van der Waals surface area contributed by atoms with Crippen molar-refractivity contribution in [2.75, 3.05) is 11.9 Å². The van der Waals surface area contributed by atoms with Gasteiger partial charge in [0.2, 0.25) is 0 Å². The van der Waals surface area contributed by atoms with Crippen LogP contribution in [-0.4, -0.2) is 6.54 Å². The second-order valence-electron chi connectivity index (χ2n) is 3.99. The van der Waals surface area contributed by atoms with Gasteiger partial charge in [-0.15, -0.1) is 0 Å². The normalized spacial score (nSPS) is 14.2. The van der Waals surface area contributed by atoms with Gasteiger partial charge >= 0.3 is 0 Å². The Morgan fingerprint density at radius 1 is 1.33 bits per heavy atom. The van der Waals surface area contributed by atoms with Crippen molar-refractivity contribution in [1.29, 1.82) is 0 Å². The van der Waals surface area contributed by atoms with Gasteiger partial charge in [-0.25, -0.2) is 0 Å². The summed E-state index contributed by atoms with van der Waals surface area (Å²) in [4.78, 5) is 0. The summed E-state index contributed by atoms with van der Waals surface area (Å²) >= 11 is 0. The number of benzene rings is 1. The van der Waals surface area contributed by atoms with E-state index in [2.05, 4.69) is 42.6 Å². The van der Waals surface area contributed by atoms with Gasteiger partial charge in [0.05, 0.1) is 0 Å². The van der Waals surface area contributed by atoms with Crippen molar-refractivity contribution < 1.29 is 0 Å². The first kappa shape index (κ1) is 10.3. The highest BCUT2D eigenvalue weighted by atomic mass is 14.9. The van der Waals surface area contributed by atoms with Gasteiger partial charge in [0.25, 0.3) is 0 Å². The van der Waals surface area contributed by atoms with E-state index in [-0.39, 0.29) is 0 Å². The molecule has 1 heteroatoms. The maximum absolute atomic E-state index is 3.82. The number of anilines is 1. The fraction of sp³-hybridized carbons (Fsp3) is 0.357. The number of hydrogen-bond donors (Lipinski definition) is 1. The van der Waals surface area contributed by atoms with Gasteiger partial charge in [-0.1, -0.05) is 31.2 Å². The Labute approximate surface area is 92.2 Å². The fourth-order valence-corrected chi connectivity index (χ4v) is 1.92. The molecule has 0 unspecified atom stereocenters. The molecule has 0 bridgehead atoms. The lowest BCUT2D eigenvalue weighted by Gasteiger charge is -2.02. The van der Waals surface area contributed by atoms with Crippen LogP contribution in [0.2, 0.25) is 0 Å². The Bertz CT molecular complexity index is 352. The summed E-state index contributed by atoms with van der Waals surface area (Å²) in [7, 11) is 0. The van der Waals surface area contributed by atoms with Gasteiger partial charge in [0.1, 0.15) is 0 Å². The van der Waals surface area contributed by atoms with Crippen molar-refractivity contribution in [2.24, 2.45) is 0 Å². The molecule has 15 heavy (non-hydrogen) atoms. The third-order valence-electron chi connectivity index (χ3n) is 2.78. The lowest BCUT2D eigenvalue weighted by molar-refractivity contribution is 1.04. The standard InChI is InChI=1S/C14H18N/c1-2-3-4-5-6-12-7-8-13-9-10-15-14(13)11-12/h4-5,7-8,11,15H,1-3,6,9-10H2. The van der Waals surface area contributed by atoms with Crippen LogP contribution in [0.1, 0.15) is 24.0 Å². The minimum Gasteiger partial charge on any atom is -0.384 e. The summed E-state index contributed by atoms with van der Waals surface area (Å²) < 4.78 is 0. The van der Waals surface area contributed by atoms with Crippen molar-refractivity contribution >= 4 is 5.69 Å². The van der Waals surface area contributed by atoms with E-state index in [1.807, 2.05) is 0 Å². The number of rotatable bonds is 4.